The molecule has 2 aromatic rings. The molecule has 0 bridgehead atoms. The Balaban J connectivity index is 2.07. The first kappa shape index (κ1) is 16.9. The van der Waals surface area contributed by atoms with Crippen LogP contribution in [-0.2, 0) is 6.54 Å². The van der Waals surface area contributed by atoms with Crippen LogP contribution in [0.1, 0.15) is 11.3 Å². The van der Waals surface area contributed by atoms with E-state index in [0.29, 0.717) is 16.9 Å². The average Bonchev–Trinajstić information content (AvgIpc) is 2.47. The highest BCUT2D eigenvalue weighted by molar-refractivity contribution is 6.33. The largest absolute Gasteiger partial charge is 0.433 e. The molecule has 6 nitrogen and oxygen atoms in total. The van der Waals surface area contributed by atoms with Gasteiger partial charge in [0.1, 0.15) is 5.75 Å². The van der Waals surface area contributed by atoms with Gasteiger partial charge >= 0.3 is 6.61 Å². The number of non-ortho nitro benzene ring substituents is 1. The van der Waals surface area contributed by atoms with Crippen LogP contribution in [0.4, 0.5) is 20.2 Å². The van der Waals surface area contributed by atoms with Crippen LogP contribution in [0.3, 0.4) is 0 Å². The van der Waals surface area contributed by atoms with Gasteiger partial charge in [0.2, 0.25) is 0 Å². The van der Waals surface area contributed by atoms with Gasteiger partial charge in [-0.05, 0) is 24.6 Å². The number of nitro benzene ring substituents is 1. The van der Waals surface area contributed by atoms with Crippen molar-refractivity contribution in [3.8, 4) is 5.75 Å². The van der Waals surface area contributed by atoms with Crippen molar-refractivity contribution in [2.75, 3.05) is 5.32 Å². The number of aromatic nitrogens is 1. The number of pyridine rings is 1. The first-order chi connectivity index (χ1) is 10.9. The van der Waals surface area contributed by atoms with Crippen molar-refractivity contribution in [3.63, 3.8) is 0 Å². The predicted molar refractivity (Wildman–Crippen MR) is 81.0 cm³/mol. The number of nitrogens with one attached hydrogen (secondary N) is 1. The molecule has 1 aromatic heterocycles. The van der Waals surface area contributed by atoms with Crippen LogP contribution in [0.2, 0.25) is 5.02 Å². The zero-order chi connectivity index (χ0) is 17.0. The van der Waals surface area contributed by atoms with Gasteiger partial charge in [-0.2, -0.15) is 8.78 Å². The number of rotatable bonds is 6. The number of nitrogens with zero attached hydrogens (tertiary/aromatic N) is 2. The van der Waals surface area contributed by atoms with E-state index < -0.39 is 11.5 Å². The number of aryl methyl sites for hydroxylation is 1. The minimum atomic E-state index is -2.90. The van der Waals surface area contributed by atoms with Crippen molar-refractivity contribution in [2.45, 2.75) is 20.1 Å². The van der Waals surface area contributed by atoms with E-state index in [4.69, 9.17) is 11.6 Å². The molecule has 0 atom stereocenters. The van der Waals surface area contributed by atoms with Gasteiger partial charge in [0.15, 0.2) is 0 Å². The van der Waals surface area contributed by atoms with Crippen LogP contribution in [0.25, 0.3) is 0 Å². The Morgan fingerprint density at radius 2 is 2.17 bits per heavy atom. The molecule has 2 rings (SSSR count). The Labute approximate surface area is 135 Å². The average molecular weight is 344 g/mol. The summed E-state index contributed by atoms with van der Waals surface area (Å²) in [6, 6.07) is 5.56. The normalized spacial score (nSPS) is 10.7. The Bertz CT molecular complexity index is 688. The molecule has 1 heterocycles. The van der Waals surface area contributed by atoms with Gasteiger partial charge in [-0.3, -0.25) is 15.1 Å². The van der Waals surface area contributed by atoms with Crippen LogP contribution < -0.4 is 10.1 Å². The molecule has 122 valence electrons. The SMILES string of the molecule is Cc1cc([N+](=O)[O-])cc(Cl)c1NCc1ccc(OC(F)F)cn1. The molecule has 0 aliphatic heterocycles. The number of alkyl halides is 2. The summed E-state index contributed by atoms with van der Waals surface area (Å²) in [6.45, 7) is -0.941. The lowest BCUT2D eigenvalue weighted by molar-refractivity contribution is -0.384. The van der Waals surface area contributed by atoms with Crippen molar-refractivity contribution in [3.05, 3.63) is 56.9 Å². The molecule has 1 N–H and O–H groups in total. The second-order valence-corrected chi connectivity index (χ2v) is 5.00. The van der Waals surface area contributed by atoms with E-state index in [9.17, 15) is 18.9 Å². The molecule has 9 heteroatoms. The summed E-state index contributed by atoms with van der Waals surface area (Å²) >= 11 is 6.04. The molecular weight excluding hydrogens is 332 g/mol. The molecule has 0 aliphatic carbocycles. The minimum Gasteiger partial charge on any atom is -0.433 e. The van der Waals surface area contributed by atoms with Crippen molar-refractivity contribution < 1.29 is 18.4 Å². The molecule has 23 heavy (non-hydrogen) atoms. The van der Waals surface area contributed by atoms with Gasteiger partial charge in [0, 0.05) is 12.1 Å². The van der Waals surface area contributed by atoms with E-state index in [2.05, 4.69) is 15.0 Å². The summed E-state index contributed by atoms with van der Waals surface area (Å²) in [7, 11) is 0. The zero-order valence-corrected chi connectivity index (χ0v) is 12.7. The molecule has 0 radical (unpaired) electrons. The molecule has 0 unspecified atom stereocenters. The van der Waals surface area contributed by atoms with E-state index in [1.54, 1.807) is 6.92 Å². The highest BCUT2D eigenvalue weighted by atomic mass is 35.5. The lowest BCUT2D eigenvalue weighted by atomic mass is 10.1. The number of hydrogen-bond donors (Lipinski definition) is 1. The van der Waals surface area contributed by atoms with Crippen LogP contribution in [0.5, 0.6) is 5.75 Å². The van der Waals surface area contributed by atoms with E-state index in [0.717, 1.165) is 0 Å². The standard InChI is InChI=1S/C14H12ClF2N3O3/c1-8-4-10(20(21)22)5-12(15)13(8)19-6-9-2-3-11(7-18-9)23-14(16)17/h2-5,7,14,19H,6H2,1H3. The minimum absolute atomic E-state index is 0.0340. The summed E-state index contributed by atoms with van der Waals surface area (Å²) in [5.74, 6) is -0.0340. The zero-order valence-electron chi connectivity index (χ0n) is 11.9. The van der Waals surface area contributed by atoms with Crippen molar-refractivity contribution >= 4 is 23.0 Å². The second kappa shape index (κ2) is 7.19. The fourth-order valence-corrected chi connectivity index (χ4v) is 2.25. The second-order valence-electron chi connectivity index (χ2n) is 4.59. The molecule has 0 spiro atoms. The number of nitro groups is 1. The van der Waals surface area contributed by atoms with E-state index in [1.807, 2.05) is 0 Å². The van der Waals surface area contributed by atoms with E-state index in [1.165, 1.54) is 30.5 Å². The summed E-state index contributed by atoms with van der Waals surface area (Å²) in [5, 5.41) is 14.0. The maximum Gasteiger partial charge on any atom is 0.387 e. The van der Waals surface area contributed by atoms with Gasteiger partial charge in [0.05, 0.1) is 34.1 Å². The number of halogens is 3. The third kappa shape index (κ3) is 4.49. The van der Waals surface area contributed by atoms with Gasteiger partial charge in [-0.15, -0.1) is 0 Å². The number of benzene rings is 1. The van der Waals surface area contributed by atoms with Gasteiger partial charge < -0.3 is 10.1 Å². The lowest BCUT2D eigenvalue weighted by Gasteiger charge is -2.11. The molecule has 0 saturated heterocycles. The Kier molecular flexibility index (Phi) is 5.28. The van der Waals surface area contributed by atoms with Gasteiger partial charge in [0.25, 0.3) is 5.69 Å². The summed E-state index contributed by atoms with van der Waals surface area (Å²) < 4.78 is 28.3. The van der Waals surface area contributed by atoms with Crippen molar-refractivity contribution in [1.82, 2.24) is 4.98 Å². The highest BCUT2D eigenvalue weighted by Crippen LogP contribution is 2.31. The summed E-state index contributed by atoms with van der Waals surface area (Å²) in [6.07, 6.45) is 1.19. The fraction of sp³-hybridized carbons (Fsp3) is 0.214. The maximum absolute atomic E-state index is 12.0. The van der Waals surface area contributed by atoms with E-state index >= 15 is 0 Å². The molecule has 1 aromatic carbocycles. The Morgan fingerprint density at radius 3 is 2.70 bits per heavy atom. The maximum atomic E-state index is 12.0. The molecule has 0 fully saturated rings. The molecule has 0 aliphatic rings. The third-order valence-corrected chi connectivity index (χ3v) is 3.25. The van der Waals surface area contributed by atoms with Crippen molar-refractivity contribution in [2.24, 2.45) is 0 Å². The Hall–Kier alpha value is -2.48. The molecule has 0 amide bonds. The lowest BCUT2D eigenvalue weighted by Crippen LogP contribution is -2.05. The van der Waals surface area contributed by atoms with Crippen LogP contribution in [0.15, 0.2) is 30.5 Å². The molecular formula is C14H12ClF2N3O3. The Morgan fingerprint density at radius 1 is 1.43 bits per heavy atom. The first-order valence-electron chi connectivity index (χ1n) is 6.45. The number of hydrogen-bond acceptors (Lipinski definition) is 5. The summed E-state index contributed by atoms with van der Waals surface area (Å²) in [5.41, 5.74) is 1.64. The number of ether oxygens (including phenoxy) is 1. The third-order valence-electron chi connectivity index (χ3n) is 2.95. The van der Waals surface area contributed by atoms with E-state index in [-0.39, 0.29) is 23.0 Å². The summed E-state index contributed by atoms with van der Waals surface area (Å²) in [4.78, 5) is 14.2. The first-order valence-corrected chi connectivity index (χ1v) is 6.82. The monoisotopic (exact) mass is 343 g/mol. The smallest absolute Gasteiger partial charge is 0.387 e. The van der Waals surface area contributed by atoms with Crippen molar-refractivity contribution in [1.29, 1.82) is 0 Å². The van der Waals surface area contributed by atoms with Gasteiger partial charge in [-0.25, -0.2) is 0 Å². The predicted octanol–water partition coefficient (Wildman–Crippen LogP) is 4.17. The highest BCUT2D eigenvalue weighted by Gasteiger charge is 2.13. The number of anilines is 1. The van der Waals surface area contributed by atoms with Gasteiger partial charge in [-0.1, -0.05) is 11.6 Å². The topological polar surface area (TPSA) is 77.3 Å². The van der Waals surface area contributed by atoms with Crippen LogP contribution in [0, 0.1) is 17.0 Å². The fourth-order valence-electron chi connectivity index (χ4n) is 1.92. The molecule has 0 saturated carbocycles. The van der Waals surface area contributed by atoms with Crippen LogP contribution in [-0.4, -0.2) is 16.5 Å². The van der Waals surface area contributed by atoms with Crippen LogP contribution >= 0.6 is 11.6 Å². The quantitative estimate of drug-likeness (QED) is 0.629.